The molecule has 0 spiro atoms. The van der Waals surface area contributed by atoms with E-state index >= 15 is 0 Å². The van der Waals surface area contributed by atoms with E-state index in [0.29, 0.717) is 5.56 Å². The monoisotopic (exact) mass is 343 g/mol. The fraction of sp³-hybridized carbons (Fsp3) is 0.286. The second-order valence-corrected chi connectivity index (χ2v) is 6.52. The SMILES string of the molecule is CCN1CCN(c2cc3cccnc3c(-c3cccc(C#N)c3)n2)CC1. The van der Waals surface area contributed by atoms with Crippen LogP contribution in [-0.4, -0.2) is 47.6 Å². The first-order chi connectivity index (χ1) is 12.8. The molecule has 26 heavy (non-hydrogen) atoms. The molecular weight excluding hydrogens is 322 g/mol. The predicted molar refractivity (Wildman–Crippen MR) is 104 cm³/mol. The second-order valence-electron chi connectivity index (χ2n) is 6.52. The van der Waals surface area contributed by atoms with Gasteiger partial charge in [-0.2, -0.15) is 5.26 Å². The lowest BCUT2D eigenvalue weighted by Gasteiger charge is -2.35. The Bertz CT molecular complexity index is 968. The van der Waals surface area contributed by atoms with E-state index in [1.54, 1.807) is 6.20 Å². The summed E-state index contributed by atoms with van der Waals surface area (Å²) in [5, 5.41) is 10.3. The largest absolute Gasteiger partial charge is 0.354 e. The highest BCUT2D eigenvalue weighted by Crippen LogP contribution is 2.29. The number of pyridine rings is 2. The van der Waals surface area contributed by atoms with Crippen LogP contribution in [0.1, 0.15) is 12.5 Å². The first-order valence-electron chi connectivity index (χ1n) is 9.02. The van der Waals surface area contributed by atoms with Crippen molar-refractivity contribution in [3.8, 4) is 17.3 Å². The number of anilines is 1. The van der Waals surface area contributed by atoms with Gasteiger partial charge in [-0.25, -0.2) is 4.98 Å². The van der Waals surface area contributed by atoms with Gasteiger partial charge in [-0.05, 0) is 30.8 Å². The maximum Gasteiger partial charge on any atom is 0.130 e. The van der Waals surface area contributed by atoms with Crippen LogP contribution in [0.3, 0.4) is 0 Å². The number of likely N-dealkylation sites (N-methyl/N-ethyl adjacent to an activating group) is 1. The molecule has 0 unspecified atom stereocenters. The minimum Gasteiger partial charge on any atom is -0.354 e. The Balaban J connectivity index is 1.80. The van der Waals surface area contributed by atoms with E-state index in [1.807, 2.05) is 30.3 Å². The van der Waals surface area contributed by atoms with Gasteiger partial charge in [0.25, 0.3) is 0 Å². The number of aromatic nitrogens is 2. The van der Waals surface area contributed by atoms with Crippen LogP contribution in [0.25, 0.3) is 22.2 Å². The van der Waals surface area contributed by atoms with E-state index in [0.717, 1.165) is 60.7 Å². The van der Waals surface area contributed by atoms with E-state index in [-0.39, 0.29) is 0 Å². The van der Waals surface area contributed by atoms with Gasteiger partial charge < -0.3 is 9.80 Å². The van der Waals surface area contributed by atoms with Gasteiger partial charge in [0.15, 0.2) is 0 Å². The molecular formula is C21H21N5. The standard InChI is InChI=1S/C21H21N5/c1-2-25-9-11-26(12-10-25)19-14-18-7-4-8-23-20(18)21(24-19)17-6-3-5-16(13-17)15-22/h3-8,13-14H,2,9-12H2,1H3. The Morgan fingerprint density at radius 3 is 2.69 bits per heavy atom. The summed E-state index contributed by atoms with van der Waals surface area (Å²) in [5.41, 5.74) is 3.28. The number of piperazine rings is 1. The zero-order valence-corrected chi connectivity index (χ0v) is 14.9. The maximum absolute atomic E-state index is 9.23. The molecule has 1 saturated heterocycles. The van der Waals surface area contributed by atoms with Crippen LogP contribution in [0, 0.1) is 11.3 Å². The average Bonchev–Trinajstić information content (AvgIpc) is 2.73. The summed E-state index contributed by atoms with van der Waals surface area (Å²) in [6, 6.07) is 16.0. The summed E-state index contributed by atoms with van der Waals surface area (Å²) in [7, 11) is 0. The van der Waals surface area contributed by atoms with E-state index in [4.69, 9.17) is 4.98 Å². The van der Waals surface area contributed by atoms with Crippen LogP contribution in [-0.2, 0) is 0 Å². The van der Waals surface area contributed by atoms with Crippen molar-refractivity contribution < 1.29 is 0 Å². The zero-order valence-electron chi connectivity index (χ0n) is 14.9. The molecule has 0 bridgehead atoms. The van der Waals surface area contributed by atoms with Crippen LogP contribution in [0.5, 0.6) is 0 Å². The van der Waals surface area contributed by atoms with Crippen LogP contribution < -0.4 is 4.90 Å². The highest BCUT2D eigenvalue weighted by atomic mass is 15.3. The first kappa shape index (κ1) is 16.5. The third kappa shape index (κ3) is 3.12. The Hall–Kier alpha value is -2.97. The number of hydrogen-bond acceptors (Lipinski definition) is 5. The van der Waals surface area contributed by atoms with Crippen LogP contribution >= 0.6 is 0 Å². The Morgan fingerprint density at radius 1 is 1.08 bits per heavy atom. The first-order valence-corrected chi connectivity index (χ1v) is 9.02. The fourth-order valence-corrected chi connectivity index (χ4v) is 3.46. The third-order valence-corrected chi connectivity index (χ3v) is 4.98. The van der Waals surface area contributed by atoms with E-state index in [9.17, 15) is 5.26 Å². The topological polar surface area (TPSA) is 56.0 Å². The summed E-state index contributed by atoms with van der Waals surface area (Å²) in [5.74, 6) is 0.985. The molecule has 1 fully saturated rings. The summed E-state index contributed by atoms with van der Waals surface area (Å²) in [6.45, 7) is 7.37. The van der Waals surface area contributed by atoms with E-state index < -0.39 is 0 Å². The number of fused-ring (bicyclic) bond motifs is 1. The number of hydrogen-bond donors (Lipinski definition) is 0. The molecule has 1 aliphatic heterocycles. The Kier molecular flexibility index (Phi) is 4.51. The minimum absolute atomic E-state index is 0.635. The third-order valence-electron chi connectivity index (χ3n) is 4.98. The van der Waals surface area contributed by atoms with Gasteiger partial charge in [0.1, 0.15) is 5.82 Å². The van der Waals surface area contributed by atoms with Crippen molar-refractivity contribution in [2.45, 2.75) is 6.92 Å². The molecule has 0 saturated carbocycles. The Morgan fingerprint density at radius 2 is 1.92 bits per heavy atom. The molecule has 5 nitrogen and oxygen atoms in total. The van der Waals surface area contributed by atoms with Crippen molar-refractivity contribution in [1.82, 2.24) is 14.9 Å². The number of nitriles is 1. The van der Waals surface area contributed by atoms with Gasteiger partial charge in [0.2, 0.25) is 0 Å². The van der Waals surface area contributed by atoms with Gasteiger partial charge in [0, 0.05) is 43.3 Å². The molecule has 0 amide bonds. The van der Waals surface area contributed by atoms with Crippen LogP contribution in [0.15, 0.2) is 48.7 Å². The van der Waals surface area contributed by atoms with Crippen LogP contribution in [0.4, 0.5) is 5.82 Å². The van der Waals surface area contributed by atoms with Gasteiger partial charge in [-0.1, -0.05) is 25.1 Å². The highest BCUT2D eigenvalue weighted by molar-refractivity contribution is 5.93. The van der Waals surface area contributed by atoms with Crippen molar-refractivity contribution >= 4 is 16.7 Å². The molecule has 3 aromatic rings. The molecule has 130 valence electrons. The lowest BCUT2D eigenvalue weighted by atomic mass is 10.1. The summed E-state index contributed by atoms with van der Waals surface area (Å²) < 4.78 is 0. The highest BCUT2D eigenvalue weighted by Gasteiger charge is 2.19. The number of rotatable bonds is 3. The smallest absolute Gasteiger partial charge is 0.130 e. The van der Waals surface area contributed by atoms with Crippen molar-refractivity contribution in [2.24, 2.45) is 0 Å². The molecule has 0 atom stereocenters. The fourth-order valence-electron chi connectivity index (χ4n) is 3.46. The molecule has 0 aliphatic carbocycles. The molecule has 0 radical (unpaired) electrons. The van der Waals surface area contributed by atoms with Gasteiger partial charge in [-0.3, -0.25) is 4.98 Å². The lowest BCUT2D eigenvalue weighted by Crippen LogP contribution is -2.46. The average molecular weight is 343 g/mol. The second kappa shape index (κ2) is 7.11. The molecule has 3 heterocycles. The predicted octanol–water partition coefficient (Wildman–Crippen LogP) is 3.31. The van der Waals surface area contributed by atoms with Crippen molar-refractivity contribution in [3.63, 3.8) is 0 Å². The lowest BCUT2D eigenvalue weighted by molar-refractivity contribution is 0.270. The van der Waals surface area contributed by atoms with Gasteiger partial charge in [0.05, 0.1) is 22.8 Å². The Labute approximate surface area is 153 Å². The van der Waals surface area contributed by atoms with Crippen molar-refractivity contribution in [2.75, 3.05) is 37.6 Å². The zero-order chi connectivity index (χ0) is 17.9. The summed E-state index contributed by atoms with van der Waals surface area (Å²) in [6.07, 6.45) is 1.79. The van der Waals surface area contributed by atoms with Crippen molar-refractivity contribution in [3.05, 3.63) is 54.2 Å². The van der Waals surface area contributed by atoms with E-state index in [2.05, 4.69) is 39.9 Å². The summed E-state index contributed by atoms with van der Waals surface area (Å²) >= 11 is 0. The van der Waals surface area contributed by atoms with Gasteiger partial charge in [-0.15, -0.1) is 0 Å². The number of benzene rings is 1. The minimum atomic E-state index is 0.635. The van der Waals surface area contributed by atoms with E-state index in [1.165, 1.54) is 0 Å². The maximum atomic E-state index is 9.23. The molecule has 5 heteroatoms. The molecule has 0 N–H and O–H groups in total. The molecule has 2 aromatic heterocycles. The van der Waals surface area contributed by atoms with Gasteiger partial charge >= 0.3 is 0 Å². The summed E-state index contributed by atoms with van der Waals surface area (Å²) in [4.78, 5) is 14.3. The normalized spacial score (nSPS) is 15.2. The number of nitrogens with zero attached hydrogens (tertiary/aromatic N) is 5. The van der Waals surface area contributed by atoms with Crippen LogP contribution in [0.2, 0.25) is 0 Å². The molecule has 1 aromatic carbocycles. The molecule has 4 rings (SSSR count). The quantitative estimate of drug-likeness (QED) is 0.730. The molecule has 1 aliphatic rings. The van der Waals surface area contributed by atoms with Crippen molar-refractivity contribution in [1.29, 1.82) is 5.26 Å².